The molecular formula is C16H22N2O3. The van der Waals surface area contributed by atoms with Crippen molar-refractivity contribution in [3.8, 4) is 5.75 Å². The Morgan fingerprint density at radius 1 is 1.38 bits per heavy atom. The maximum Gasteiger partial charge on any atom is 0.410 e. The van der Waals surface area contributed by atoms with Gasteiger partial charge in [-0.1, -0.05) is 18.2 Å². The number of ether oxygens (including phenoxy) is 1. The van der Waals surface area contributed by atoms with E-state index in [1.807, 2.05) is 39.0 Å². The number of phenolic OH excluding ortho intramolecular Hbond substituents is 1. The summed E-state index contributed by atoms with van der Waals surface area (Å²) in [4.78, 5) is 13.6. The monoisotopic (exact) mass is 290 g/mol. The minimum absolute atomic E-state index is 0.106. The van der Waals surface area contributed by atoms with Crippen LogP contribution in [0.2, 0.25) is 0 Å². The lowest BCUT2D eigenvalue weighted by Gasteiger charge is -2.29. The molecule has 0 aliphatic carbocycles. The van der Waals surface area contributed by atoms with Crippen LogP contribution in [0.3, 0.4) is 0 Å². The Hall–Kier alpha value is -2.17. The molecule has 3 N–H and O–H groups in total. The SMILES string of the molecule is CC(C)(C)OC(=O)N1CC=C(c2cccc(N)c2O)CC1. The summed E-state index contributed by atoms with van der Waals surface area (Å²) in [7, 11) is 0. The molecular weight excluding hydrogens is 268 g/mol. The summed E-state index contributed by atoms with van der Waals surface area (Å²) in [6.45, 7) is 6.58. The first-order chi connectivity index (χ1) is 9.78. The number of nitrogens with two attached hydrogens (primary N) is 1. The molecule has 0 saturated carbocycles. The third kappa shape index (κ3) is 3.68. The van der Waals surface area contributed by atoms with Gasteiger partial charge in [-0.25, -0.2) is 4.79 Å². The van der Waals surface area contributed by atoms with Crippen LogP contribution in [0.1, 0.15) is 32.8 Å². The van der Waals surface area contributed by atoms with Crippen molar-refractivity contribution in [2.24, 2.45) is 0 Å². The molecule has 114 valence electrons. The Morgan fingerprint density at radius 2 is 2.10 bits per heavy atom. The van der Waals surface area contributed by atoms with E-state index in [2.05, 4.69) is 0 Å². The van der Waals surface area contributed by atoms with Gasteiger partial charge in [0.2, 0.25) is 0 Å². The number of nitrogen functional groups attached to an aromatic ring is 1. The van der Waals surface area contributed by atoms with Gasteiger partial charge in [-0.05, 0) is 38.8 Å². The van der Waals surface area contributed by atoms with E-state index in [0.29, 0.717) is 25.2 Å². The van der Waals surface area contributed by atoms with Gasteiger partial charge in [0.15, 0.2) is 0 Å². The Morgan fingerprint density at radius 3 is 2.67 bits per heavy atom. The van der Waals surface area contributed by atoms with Crippen molar-refractivity contribution >= 4 is 17.4 Å². The van der Waals surface area contributed by atoms with Crippen LogP contribution in [0.15, 0.2) is 24.3 Å². The van der Waals surface area contributed by atoms with Gasteiger partial charge < -0.3 is 20.5 Å². The first kappa shape index (κ1) is 15.2. The summed E-state index contributed by atoms with van der Waals surface area (Å²) in [5, 5.41) is 10.0. The summed E-state index contributed by atoms with van der Waals surface area (Å²) in [6.07, 6.45) is 2.28. The Labute approximate surface area is 125 Å². The Bertz CT molecular complexity index is 573. The van der Waals surface area contributed by atoms with E-state index < -0.39 is 5.60 Å². The van der Waals surface area contributed by atoms with E-state index in [1.54, 1.807) is 11.0 Å². The van der Waals surface area contributed by atoms with Crippen LogP contribution < -0.4 is 5.73 Å². The number of benzene rings is 1. The molecule has 0 fully saturated rings. The van der Waals surface area contributed by atoms with Gasteiger partial charge in [0.1, 0.15) is 11.4 Å². The van der Waals surface area contributed by atoms with E-state index in [-0.39, 0.29) is 11.8 Å². The highest BCUT2D eigenvalue weighted by Gasteiger charge is 2.24. The number of para-hydroxylation sites is 1. The zero-order valence-electron chi connectivity index (χ0n) is 12.7. The van der Waals surface area contributed by atoms with Crippen molar-refractivity contribution in [3.05, 3.63) is 29.8 Å². The van der Waals surface area contributed by atoms with E-state index >= 15 is 0 Å². The average Bonchev–Trinajstić information content (AvgIpc) is 2.40. The topological polar surface area (TPSA) is 75.8 Å². The molecule has 0 spiro atoms. The standard InChI is InChI=1S/C16H22N2O3/c1-16(2,3)21-15(20)18-9-7-11(8-10-18)12-5-4-6-13(17)14(12)19/h4-7,19H,8-10,17H2,1-3H3. The third-order valence-corrected chi connectivity index (χ3v) is 3.27. The number of carbonyl (C=O) groups excluding carboxylic acids is 1. The highest BCUT2D eigenvalue weighted by molar-refractivity contribution is 5.77. The fraction of sp³-hybridized carbons (Fsp3) is 0.438. The lowest BCUT2D eigenvalue weighted by atomic mass is 9.98. The van der Waals surface area contributed by atoms with Crippen molar-refractivity contribution < 1.29 is 14.6 Å². The number of rotatable bonds is 1. The van der Waals surface area contributed by atoms with Crippen LogP contribution >= 0.6 is 0 Å². The zero-order valence-corrected chi connectivity index (χ0v) is 12.7. The number of phenols is 1. The first-order valence-corrected chi connectivity index (χ1v) is 7.03. The number of carbonyl (C=O) groups is 1. The quantitative estimate of drug-likeness (QED) is 0.616. The van der Waals surface area contributed by atoms with Crippen molar-refractivity contribution in [1.82, 2.24) is 4.90 Å². The van der Waals surface area contributed by atoms with Crippen LogP contribution in [-0.4, -0.2) is 34.8 Å². The summed E-state index contributed by atoms with van der Waals surface area (Å²) in [5.41, 5.74) is 7.32. The number of anilines is 1. The average molecular weight is 290 g/mol. The Balaban J connectivity index is 2.09. The molecule has 0 saturated heterocycles. The van der Waals surface area contributed by atoms with Crippen molar-refractivity contribution in [2.45, 2.75) is 32.8 Å². The molecule has 1 amide bonds. The predicted octanol–water partition coefficient (Wildman–Crippen LogP) is 3.00. The highest BCUT2D eigenvalue weighted by atomic mass is 16.6. The molecule has 5 nitrogen and oxygen atoms in total. The van der Waals surface area contributed by atoms with Crippen molar-refractivity contribution in [3.63, 3.8) is 0 Å². The molecule has 1 heterocycles. The molecule has 0 atom stereocenters. The predicted molar refractivity (Wildman–Crippen MR) is 82.9 cm³/mol. The largest absolute Gasteiger partial charge is 0.505 e. The normalized spacial score (nSPS) is 15.6. The minimum Gasteiger partial charge on any atom is -0.505 e. The highest BCUT2D eigenvalue weighted by Crippen LogP contribution is 2.33. The van der Waals surface area contributed by atoms with Crippen LogP contribution in [0, 0.1) is 0 Å². The second-order valence-electron chi connectivity index (χ2n) is 6.15. The van der Waals surface area contributed by atoms with Gasteiger partial charge in [-0.15, -0.1) is 0 Å². The Kier molecular flexibility index (Phi) is 4.11. The smallest absolute Gasteiger partial charge is 0.410 e. The van der Waals surface area contributed by atoms with Gasteiger partial charge in [-0.2, -0.15) is 0 Å². The summed E-state index contributed by atoms with van der Waals surface area (Å²) < 4.78 is 5.35. The summed E-state index contributed by atoms with van der Waals surface area (Å²) >= 11 is 0. The summed E-state index contributed by atoms with van der Waals surface area (Å²) in [6, 6.07) is 5.31. The molecule has 5 heteroatoms. The number of amides is 1. The third-order valence-electron chi connectivity index (χ3n) is 3.27. The van der Waals surface area contributed by atoms with Gasteiger partial charge in [0.05, 0.1) is 5.69 Å². The molecule has 0 aromatic heterocycles. The van der Waals surface area contributed by atoms with E-state index in [4.69, 9.17) is 10.5 Å². The van der Waals surface area contributed by atoms with E-state index in [0.717, 1.165) is 11.1 Å². The van der Waals surface area contributed by atoms with Crippen molar-refractivity contribution in [1.29, 1.82) is 0 Å². The van der Waals surface area contributed by atoms with Gasteiger partial charge in [0.25, 0.3) is 0 Å². The number of hydrogen-bond donors (Lipinski definition) is 2. The molecule has 1 aromatic rings. The number of aromatic hydroxyl groups is 1. The van der Waals surface area contributed by atoms with Crippen molar-refractivity contribution in [2.75, 3.05) is 18.8 Å². The van der Waals surface area contributed by atoms with Crippen LogP contribution in [-0.2, 0) is 4.74 Å². The van der Waals surface area contributed by atoms with E-state index in [9.17, 15) is 9.90 Å². The molecule has 1 aliphatic rings. The van der Waals surface area contributed by atoms with Crippen LogP contribution in [0.4, 0.5) is 10.5 Å². The fourth-order valence-electron chi connectivity index (χ4n) is 2.23. The molecule has 0 bridgehead atoms. The molecule has 1 aromatic carbocycles. The number of nitrogens with zero attached hydrogens (tertiary/aromatic N) is 1. The van der Waals surface area contributed by atoms with Gasteiger partial charge in [-0.3, -0.25) is 0 Å². The van der Waals surface area contributed by atoms with Gasteiger partial charge in [0, 0.05) is 18.7 Å². The lowest BCUT2D eigenvalue weighted by Crippen LogP contribution is -2.39. The van der Waals surface area contributed by atoms with E-state index in [1.165, 1.54) is 0 Å². The molecule has 0 radical (unpaired) electrons. The van der Waals surface area contributed by atoms with Gasteiger partial charge >= 0.3 is 6.09 Å². The molecule has 1 aliphatic heterocycles. The number of hydrogen-bond acceptors (Lipinski definition) is 4. The van der Waals surface area contributed by atoms with Crippen LogP contribution in [0.5, 0.6) is 5.75 Å². The first-order valence-electron chi connectivity index (χ1n) is 7.03. The summed E-state index contributed by atoms with van der Waals surface area (Å²) in [5.74, 6) is 0.106. The molecule has 21 heavy (non-hydrogen) atoms. The molecule has 2 rings (SSSR count). The zero-order chi connectivity index (χ0) is 15.6. The fourth-order valence-corrected chi connectivity index (χ4v) is 2.23. The maximum atomic E-state index is 12.0. The second kappa shape index (κ2) is 5.68. The molecule has 0 unspecified atom stereocenters. The lowest BCUT2D eigenvalue weighted by molar-refractivity contribution is 0.0270. The minimum atomic E-state index is -0.493. The second-order valence-corrected chi connectivity index (χ2v) is 6.15. The maximum absolute atomic E-state index is 12.0. The van der Waals surface area contributed by atoms with Crippen LogP contribution in [0.25, 0.3) is 5.57 Å².